The minimum atomic E-state index is -0.438. The molecular weight excluding hydrogens is 316 g/mol. The largest absolute Gasteiger partial charge is 0.332 e. The highest BCUT2D eigenvalue weighted by atomic mass is 32.1. The van der Waals surface area contributed by atoms with Crippen LogP contribution in [0.2, 0.25) is 0 Å². The molecule has 7 nitrogen and oxygen atoms in total. The lowest BCUT2D eigenvalue weighted by Crippen LogP contribution is -2.52. The van der Waals surface area contributed by atoms with E-state index < -0.39 is 4.92 Å². The van der Waals surface area contributed by atoms with Gasteiger partial charge in [-0.1, -0.05) is 0 Å². The standard InChI is InChI=1S/C15H16N4O3S/c1-10-8-16-6-7-18(10)15(20)13-9-23-14(17-13)11-2-4-12(5-3-11)19(21)22/h2-5,9-10,16H,6-8H2,1H3/t10-/m0/s1. The summed E-state index contributed by atoms with van der Waals surface area (Å²) >= 11 is 1.37. The third-order valence-electron chi connectivity index (χ3n) is 3.81. The molecule has 8 heteroatoms. The number of hydrogen-bond donors (Lipinski definition) is 1. The molecule has 0 aliphatic carbocycles. The lowest BCUT2D eigenvalue weighted by atomic mass is 10.2. The number of nitro benzene ring substituents is 1. The van der Waals surface area contributed by atoms with Gasteiger partial charge in [0.1, 0.15) is 10.7 Å². The number of carbonyl (C=O) groups excluding carboxylic acids is 1. The van der Waals surface area contributed by atoms with E-state index in [1.807, 2.05) is 11.8 Å². The Morgan fingerprint density at radius 3 is 2.83 bits per heavy atom. The van der Waals surface area contributed by atoms with Gasteiger partial charge in [-0.25, -0.2) is 4.98 Å². The maximum Gasteiger partial charge on any atom is 0.273 e. The summed E-state index contributed by atoms with van der Waals surface area (Å²) in [5.41, 5.74) is 1.24. The smallest absolute Gasteiger partial charge is 0.273 e. The molecule has 1 aliphatic heterocycles. The van der Waals surface area contributed by atoms with Crippen molar-refractivity contribution in [2.24, 2.45) is 0 Å². The molecule has 0 unspecified atom stereocenters. The molecule has 2 heterocycles. The van der Waals surface area contributed by atoms with Crippen LogP contribution in [0.4, 0.5) is 5.69 Å². The van der Waals surface area contributed by atoms with Crippen LogP contribution in [0.25, 0.3) is 10.6 Å². The van der Waals surface area contributed by atoms with Crippen molar-refractivity contribution in [3.05, 3.63) is 45.5 Å². The first-order valence-corrected chi connectivity index (χ1v) is 8.16. The molecule has 1 amide bonds. The van der Waals surface area contributed by atoms with Crippen molar-refractivity contribution in [1.82, 2.24) is 15.2 Å². The van der Waals surface area contributed by atoms with Crippen molar-refractivity contribution in [3.63, 3.8) is 0 Å². The van der Waals surface area contributed by atoms with Crippen LogP contribution < -0.4 is 5.32 Å². The molecule has 1 saturated heterocycles. The molecule has 0 saturated carbocycles. The number of benzene rings is 1. The number of aromatic nitrogens is 1. The summed E-state index contributed by atoms with van der Waals surface area (Å²) in [6, 6.07) is 6.32. The predicted molar refractivity (Wildman–Crippen MR) is 87.6 cm³/mol. The molecule has 1 fully saturated rings. The number of rotatable bonds is 3. The van der Waals surface area contributed by atoms with E-state index in [0.717, 1.165) is 18.7 Å². The molecule has 23 heavy (non-hydrogen) atoms. The van der Waals surface area contributed by atoms with Crippen LogP contribution in [0, 0.1) is 10.1 Å². The molecule has 0 spiro atoms. The van der Waals surface area contributed by atoms with E-state index in [9.17, 15) is 14.9 Å². The average Bonchev–Trinajstić information content (AvgIpc) is 3.05. The van der Waals surface area contributed by atoms with E-state index in [-0.39, 0.29) is 17.6 Å². The average molecular weight is 332 g/mol. The quantitative estimate of drug-likeness (QED) is 0.687. The van der Waals surface area contributed by atoms with Gasteiger partial charge in [0.05, 0.1) is 4.92 Å². The number of nitro groups is 1. The number of nitrogens with one attached hydrogen (secondary N) is 1. The number of carbonyl (C=O) groups is 1. The van der Waals surface area contributed by atoms with Gasteiger partial charge < -0.3 is 10.2 Å². The highest BCUT2D eigenvalue weighted by Crippen LogP contribution is 2.26. The third kappa shape index (κ3) is 3.22. The lowest BCUT2D eigenvalue weighted by molar-refractivity contribution is -0.384. The molecule has 1 N–H and O–H groups in total. The molecule has 0 radical (unpaired) electrons. The van der Waals surface area contributed by atoms with E-state index in [1.165, 1.54) is 23.5 Å². The van der Waals surface area contributed by atoms with Crippen LogP contribution in [0.1, 0.15) is 17.4 Å². The van der Waals surface area contributed by atoms with Gasteiger partial charge in [-0.3, -0.25) is 14.9 Å². The first-order chi connectivity index (χ1) is 11.1. The van der Waals surface area contributed by atoms with Crippen molar-refractivity contribution >= 4 is 22.9 Å². The van der Waals surface area contributed by atoms with Gasteiger partial charge in [-0.15, -0.1) is 11.3 Å². The second kappa shape index (κ2) is 6.43. The normalized spacial score (nSPS) is 18.0. The Labute approximate surface area is 137 Å². The van der Waals surface area contributed by atoms with Crippen LogP contribution >= 0.6 is 11.3 Å². The molecule has 0 bridgehead atoms. The number of nitrogens with zero attached hydrogens (tertiary/aromatic N) is 3. The van der Waals surface area contributed by atoms with E-state index >= 15 is 0 Å². The molecule has 3 rings (SSSR count). The first-order valence-electron chi connectivity index (χ1n) is 7.28. The Morgan fingerprint density at radius 2 is 2.17 bits per heavy atom. The fourth-order valence-electron chi connectivity index (χ4n) is 2.52. The van der Waals surface area contributed by atoms with Gasteiger partial charge >= 0.3 is 0 Å². The van der Waals surface area contributed by atoms with Gasteiger partial charge in [0.25, 0.3) is 11.6 Å². The second-order valence-corrected chi connectivity index (χ2v) is 6.25. The SMILES string of the molecule is C[C@H]1CNCCN1C(=O)c1csc(-c2ccc([N+](=O)[O-])cc2)n1. The Kier molecular flexibility index (Phi) is 4.35. The molecule has 1 aromatic heterocycles. The molecule has 2 aromatic rings. The van der Waals surface area contributed by atoms with Crippen molar-refractivity contribution in [3.8, 4) is 10.6 Å². The van der Waals surface area contributed by atoms with Crippen molar-refractivity contribution < 1.29 is 9.72 Å². The number of amides is 1. The zero-order chi connectivity index (χ0) is 16.4. The summed E-state index contributed by atoms with van der Waals surface area (Å²) in [5.74, 6) is -0.0663. The Hall–Kier alpha value is -2.32. The van der Waals surface area contributed by atoms with Crippen LogP contribution in [0.15, 0.2) is 29.6 Å². The first kappa shape index (κ1) is 15.6. The van der Waals surface area contributed by atoms with Gasteiger partial charge in [0.2, 0.25) is 0 Å². The predicted octanol–water partition coefficient (Wildman–Crippen LogP) is 2.15. The number of thiazole rings is 1. The Bertz CT molecular complexity index is 729. The zero-order valence-electron chi connectivity index (χ0n) is 12.6. The topological polar surface area (TPSA) is 88.4 Å². The van der Waals surface area contributed by atoms with Gasteiger partial charge in [-0.2, -0.15) is 0 Å². The summed E-state index contributed by atoms with van der Waals surface area (Å²) in [4.78, 5) is 29.0. The summed E-state index contributed by atoms with van der Waals surface area (Å²) in [6.45, 7) is 4.25. The van der Waals surface area contributed by atoms with E-state index in [1.54, 1.807) is 17.5 Å². The summed E-state index contributed by atoms with van der Waals surface area (Å²) in [6.07, 6.45) is 0. The fraction of sp³-hybridized carbons (Fsp3) is 0.333. The summed E-state index contributed by atoms with van der Waals surface area (Å²) < 4.78 is 0. The molecule has 1 atom stereocenters. The number of piperazine rings is 1. The lowest BCUT2D eigenvalue weighted by Gasteiger charge is -2.33. The van der Waals surface area contributed by atoms with E-state index in [2.05, 4.69) is 10.3 Å². The van der Waals surface area contributed by atoms with Gasteiger partial charge in [-0.05, 0) is 19.1 Å². The Balaban J connectivity index is 1.79. The van der Waals surface area contributed by atoms with E-state index in [4.69, 9.17) is 0 Å². The van der Waals surface area contributed by atoms with E-state index in [0.29, 0.717) is 17.2 Å². The molecule has 1 aromatic carbocycles. The maximum atomic E-state index is 12.6. The van der Waals surface area contributed by atoms with Crippen LogP contribution in [-0.2, 0) is 0 Å². The zero-order valence-corrected chi connectivity index (χ0v) is 13.4. The van der Waals surface area contributed by atoms with Crippen LogP contribution in [0.3, 0.4) is 0 Å². The highest BCUT2D eigenvalue weighted by molar-refractivity contribution is 7.13. The van der Waals surface area contributed by atoms with Crippen molar-refractivity contribution in [2.45, 2.75) is 13.0 Å². The highest BCUT2D eigenvalue weighted by Gasteiger charge is 2.25. The van der Waals surface area contributed by atoms with Crippen molar-refractivity contribution in [2.75, 3.05) is 19.6 Å². The van der Waals surface area contributed by atoms with Crippen LogP contribution in [0.5, 0.6) is 0 Å². The summed E-state index contributed by atoms with van der Waals surface area (Å²) in [7, 11) is 0. The van der Waals surface area contributed by atoms with Crippen LogP contribution in [-0.4, -0.2) is 46.4 Å². The van der Waals surface area contributed by atoms with Crippen molar-refractivity contribution in [1.29, 1.82) is 0 Å². The third-order valence-corrected chi connectivity index (χ3v) is 4.70. The molecule has 120 valence electrons. The molecule has 1 aliphatic rings. The molecular formula is C15H16N4O3S. The Morgan fingerprint density at radius 1 is 1.43 bits per heavy atom. The van der Waals surface area contributed by atoms with Gasteiger partial charge in [0.15, 0.2) is 0 Å². The maximum absolute atomic E-state index is 12.6. The summed E-state index contributed by atoms with van der Waals surface area (Å²) in [5, 5.41) is 16.4. The number of hydrogen-bond acceptors (Lipinski definition) is 6. The minimum absolute atomic E-state index is 0.0382. The second-order valence-electron chi connectivity index (χ2n) is 5.39. The number of non-ortho nitro benzene ring substituents is 1. The minimum Gasteiger partial charge on any atom is -0.332 e. The van der Waals surface area contributed by atoms with Gasteiger partial charge in [0, 0.05) is 48.8 Å². The monoisotopic (exact) mass is 332 g/mol. The fourth-order valence-corrected chi connectivity index (χ4v) is 3.32.